The van der Waals surface area contributed by atoms with Gasteiger partial charge in [-0.25, -0.2) is 0 Å². The predicted molar refractivity (Wildman–Crippen MR) is 79.6 cm³/mol. The van der Waals surface area contributed by atoms with Crippen molar-refractivity contribution in [1.82, 2.24) is 15.5 Å². The Labute approximate surface area is 118 Å². The fourth-order valence-corrected chi connectivity index (χ4v) is 3.11. The monoisotopic (exact) mass is 269 g/mol. The van der Waals surface area contributed by atoms with Gasteiger partial charge in [-0.3, -0.25) is 4.90 Å². The van der Waals surface area contributed by atoms with Gasteiger partial charge >= 0.3 is 0 Å². The third-order valence-corrected chi connectivity index (χ3v) is 4.30. The maximum atomic E-state index is 5.36. The van der Waals surface area contributed by atoms with Gasteiger partial charge in [0.05, 0.1) is 13.2 Å². The summed E-state index contributed by atoms with van der Waals surface area (Å²) in [5, 5.41) is 7.30. The number of ether oxygens (including phenoxy) is 1. The lowest BCUT2D eigenvalue weighted by atomic mass is 9.99. The van der Waals surface area contributed by atoms with Gasteiger partial charge in [0.25, 0.3) is 0 Å². The molecule has 0 bridgehead atoms. The van der Waals surface area contributed by atoms with Gasteiger partial charge in [-0.15, -0.1) is 0 Å². The molecule has 19 heavy (non-hydrogen) atoms. The Kier molecular flexibility index (Phi) is 7.14. The molecule has 0 radical (unpaired) electrons. The summed E-state index contributed by atoms with van der Waals surface area (Å²) in [5.74, 6) is 0. The van der Waals surface area contributed by atoms with Crippen LogP contribution in [-0.2, 0) is 4.74 Å². The zero-order valence-electron chi connectivity index (χ0n) is 12.5. The van der Waals surface area contributed by atoms with Crippen molar-refractivity contribution in [1.29, 1.82) is 0 Å². The number of piperidine rings is 1. The van der Waals surface area contributed by atoms with Crippen LogP contribution in [-0.4, -0.2) is 62.9 Å². The molecule has 112 valence electrons. The van der Waals surface area contributed by atoms with Gasteiger partial charge in [0.1, 0.15) is 0 Å². The molecule has 2 fully saturated rings. The lowest BCUT2D eigenvalue weighted by Gasteiger charge is -2.28. The van der Waals surface area contributed by atoms with Crippen LogP contribution in [0.25, 0.3) is 0 Å². The molecular formula is C15H31N3O. The molecule has 2 N–H and O–H groups in total. The quantitative estimate of drug-likeness (QED) is 0.681. The number of hydrogen-bond donors (Lipinski definition) is 2. The normalized spacial score (nSPS) is 27.3. The molecule has 0 spiro atoms. The molecule has 0 saturated carbocycles. The molecular weight excluding hydrogens is 238 g/mol. The van der Waals surface area contributed by atoms with Crippen LogP contribution in [0.5, 0.6) is 0 Å². The zero-order valence-corrected chi connectivity index (χ0v) is 12.5. The van der Waals surface area contributed by atoms with Crippen molar-refractivity contribution >= 4 is 0 Å². The van der Waals surface area contributed by atoms with Gasteiger partial charge in [0.2, 0.25) is 0 Å². The minimum atomic E-state index is 0.639. The van der Waals surface area contributed by atoms with Crippen molar-refractivity contribution in [3.63, 3.8) is 0 Å². The van der Waals surface area contributed by atoms with Crippen LogP contribution in [0.2, 0.25) is 0 Å². The second-order valence-corrected chi connectivity index (χ2v) is 6.05. The molecule has 2 saturated heterocycles. The minimum absolute atomic E-state index is 0.639. The van der Waals surface area contributed by atoms with Gasteiger partial charge in [-0.2, -0.15) is 0 Å². The van der Waals surface area contributed by atoms with E-state index in [1.807, 2.05) is 0 Å². The molecule has 0 amide bonds. The van der Waals surface area contributed by atoms with E-state index in [9.17, 15) is 0 Å². The first-order valence-corrected chi connectivity index (χ1v) is 8.11. The molecule has 0 aromatic rings. The van der Waals surface area contributed by atoms with Crippen molar-refractivity contribution in [3.8, 4) is 0 Å². The van der Waals surface area contributed by atoms with E-state index in [2.05, 4.69) is 22.5 Å². The molecule has 2 atom stereocenters. The van der Waals surface area contributed by atoms with Crippen LogP contribution in [0.15, 0.2) is 0 Å². The molecule has 2 rings (SSSR count). The first-order valence-electron chi connectivity index (χ1n) is 8.11. The standard InChI is InChI=1S/C15H31N3O/c1-14(13-15-5-2-3-6-17-15)16-7-4-8-18-9-11-19-12-10-18/h14-17H,2-13H2,1H3. The molecule has 2 heterocycles. The Morgan fingerprint density at radius 1 is 1.32 bits per heavy atom. The van der Waals surface area contributed by atoms with Crippen molar-refractivity contribution in [2.45, 2.75) is 51.1 Å². The second kappa shape index (κ2) is 8.90. The summed E-state index contributed by atoms with van der Waals surface area (Å²) in [6, 6.07) is 1.38. The lowest BCUT2D eigenvalue weighted by Crippen LogP contribution is -2.41. The van der Waals surface area contributed by atoms with E-state index < -0.39 is 0 Å². The van der Waals surface area contributed by atoms with Gasteiger partial charge in [-0.05, 0) is 52.2 Å². The van der Waals surface area contributed by atoms with Crippen LogP contribution in [0.4, 0.5) is 0 Å². The Hall–Kier alpha value is -0.160. The third-order valence-electron chi connectivity index (χ3n) is 4.30. The Morgan fingerprint density at radius 2 is 2.16 bits per heavy atom. The smallest absolute Gasteiger partial charge is 0.0594 e. The molecule has 0 aromatic carbocycles. The molecule has 0 aromatic heterocycles. The van der Waals surface area contributed by atoms with E-state index in [1.54, 1.807) is 0 Å². The highest BCUT2D eigenvalue weighted by molar-refractivity contribution is 4.77. The summed E-state index contributed by atoms with van der Waals surface area (Å²) in [6.45, 7) is 9.95. The largest absolute Gasteiger partial charge is 0.379 e. The number of morpholine rings is 1. The topological polar surface area (TPSA) is 36.5 Å². The van der Waals surface area contributed by atoms with Gasteiger partial charge in [-0.1, -0.05) is 6.42 Å². The van der Waals surface area contributed by atoms with Gasteiger partial charge in [0.15, 0.2) is 0 Å². The average molecular weight is 269 g/mol. The van der Waals surface area contributed by atoms with Crippen LogP contribution >= 0.6 is 0 Å². The highest BCUT2D eigenvalue weighted by Gasteiger charge is 2.15. The van der Waals surface area contributed by atoms with Crippen molar-refractivity contribution in [2.75, 3.05) is 45.9 Å². The molecule has 2 aliphatic heterocycles. The van der Waals surface area contributed by atoms with Crippen LogP contribution in [0.3, 0.4) is 0 Å². The highest BCUT2D eigenvalue weighted by Crippen LogP contribution is 2.11. The average Bonchev–Trinajstić information content (AvgIpc) is 2.46. The molecule has 4 heteroatoms. The maximum Gasteiger partial charge on any atom is 0.0594 e. The van der Waals surface area contributed by atoms with E-state index in [1.165, 1.54) is 45.2 Å². The minimum Gasteiger partial charge on any atom is -0.379 e. The third kappa shape index (κ3) is 6.21. The van der Waals surface area contributed by atoms with E-state index in [0.717, 1.165) is 38.9 Å². The van der Waals surface area contributed by atoms with E-state index in [-0.39, 0.29) is 0 Å². The van der Waals surface area contributed by atoms with E-state index in [0.29, 0.717) is 6.04 Å². The molecule has 2 aliphatic rings. The summed E-state index contributed by atoms with van der Waals surface area (Å²) >= 11 is 0. The predicted octanol–water partition coefficient (Wildman–Crippen LogP) is 1.22. The fourth-order valence-electron chi connectivity index (χ4n) is 3.11. The number of rotatable bonds is 7. The summed E-state index contributed by atoms with van der Waals surface area (Å²) in [4.78, 5) is 2.51. The Bertz CT molecular complexity index is 225. The second-order valence-electron chi connectivity index (χ2n) is 6.05. The summed E-state index contributed by atoms with van der Waals surface area (Å²) in [7, 11) is 0. The molecule has 4 nitrogen and oxygen atoms in total. The lowest BCUT2D eigenvalue weighted by molar-refractivity contribution is 0.0374. The van der Waals surface area contributed by atoms with E-state index in [4.69, 9.17) is 4.74 Å². The van der Waals surface area contributed by atoms with Crippen molar-refractivity contribution < 1.29 is 4.74 Å². The molecule has 0 aliphatic carbocycles. The number of hydrogen-bond acceptors (Lipinski definition) is 4. The van der Waals surface area contributed by atoms with Gasteiger partial charge in [0, 0.05) is 25.2 Å². The Morgan fingerprint density at radius 3 is 2.89 bits per heavy atom. The van der Waals surface area contributed by atoms with Crippen molar-refractivity contribution in [2.24, 2.45) is 0 Å². The zero-order chi connectivity index (χ0) is 13.3. The number of nitrogens with one attached hydrogen (secondary N) is 2. The van der Waals surface area contributed by atoms with Gasteiger partial charge < -0.3 is 15.4 Å². The Balaban J connectivity index is 1.47. The first-order chi connectivity index (χ1) is 9.34. The van der Waals surface area contributed by atoms with Crippen LogP contribution in [0, 0.1) is 0 Å². The highest BCUT2D eigenvalue weighted by atomic mass is 16.5. The first kappa shape index (κ1) is 15.2. The summed E-state index contributed by atoms with van der Waals surface area (Å²) in [6.07, 6.45) is 6.65. The number of nitrogens with zero attached hydrogens (tertiary/aromatic N) is 1. The van der Waals surface area contributed by atoms with Crippen molar-refractivity contribution in [3.05, 3.63) is 0 Å². The maximum absolute atomic E-state index is 5.36. The fraction of sp³-hybridized carbons (Fsp3) is 1.00. The van der Waals surface area contributed by atoms with Crippen LogP contribution in [0.1, 0.15) is 39.0 Å². The van der Waals surface area contributed by atoms with E-state index >= 15 is 0 Å². The summed E-state index contributed by atoms with van der Waals surface area (Å²) in [5.41, 5.74) is 0. The van der Waals surface area contributed by atoms with Crippen LogP contribution < -0.4 is 10.6 Å². The SMILES string of the molecule is CC(CC1CCCCN1)NCCCN1CCOCC1. The molecule has 2 unspecified atom stereocenters. The summed E-state index contributed by atoms with van der Waals surface area (Å²) < 4.78 is 5.36.